The maximum absolute atomic E-state index is 5.48. The zero-order valence-electron chi connectivity index (χ0n) is 12.9. The Morgan fingerprint density at radius 2 is 1.26 bits per heavy atom. The highest BCUT2D eigenvalue weighted by Gasteiger charge is 2.02. The Hall–Kier alpha value is -2.45. The van der Waals surface area contributed by atoms with Crippen molar-refractivity contribution >= 4 is 17.2 Å². The fourth-order valence-corrected chi connectivity index (χ4v) is 2.75. The Morgan fingerprint density at radius 1 is 0.696 bits per heavy atom. The summed E-state index contributed by atoms with van der Waals surface area (Å²) in [4.78, 5) is 0.806. The van der Waals surface area contributed by atoms with E-state index in [2.05, 4.69) is 78.1 Å². The molecule has 2 heteroatoms. The van der Waals surface area contributed by atoms with Crippen molar-refractivity contribution in [3.63, 3.8) is 0 Å². The van der Waals surface area contributed by atoms with E-state index >= 15 is 0 Å². The van der Waals surface area contributed by atoms with Gasteiger partial charge in [0.2, 0.25) is 0 Å². The Morgan fingerprint density at radius 3 is 1.91 bits per heavy atom. The fraction of sp³-hybridized carbons (Fsp3) is 0.0952. The van der Waals surface area contributed by atoms with Crippen LogP contribution >= 0.6 is 12.2 Å². The Kier molecular flexibility index (Phi) is 5.17. The van der Waals surface area contributed by atoms with Gasteiger partial charge in [0.25, 0.3) is 0 Å². The van der Waals surface area contributed by atoms with Crippen LogP contribution in [0.3, 0.4) is 0 Å². The monoisotopic (exact) mass is 317 g/mol. The van der Waals surface area contributed by atoms with Gasteiger partial charge in [-0.25, -0.2) is 0 Å². The van der Waals surface area contributed by atoms with E-state index in [-0.39, 0.29) is 0 Å². The molecule has 0 heterocycles. The molecule has 0 unspecified atom stereocenters. The summed E-state index contributed by atoms with van der Waals surface area (Å²) in [7, 11) is 0. The van der Waals surface area contributed by atoms with Gasteiger partial charge in [0.05, 0.1) is 0 Å². The van der Waals surface area contributed by atoms with E-state index in [1.54, 1.807) is 0 Å². The van der Waals surface area contributed by atoms with E-state index in [0.29, 0.717) is 0 Å². The molecule has 0 amide bonds. The van der Waals surface area contributed by atoms with Gasteiger partial charge in [-0.15, -0.1) is 0 Å². The lowest BCUT2D eigenvalue weighted by Gasteiger charge is -2.09. The molecule has 3 aromatic rings. The van der Waals surface area contributed by atoms with Crippen LogP contribution in [0, 0.1) is 0 Å². The van der Waals surface area contributed by atoms with Gasteiger partial charge in [0, 0.05) is 12.1 Å². The maximum atomic E-state index is 5.48. The third-order valence-corrected chi connectivity index (χ3v) is 4.18. The summed E-state index contributed by atoms with van der Waals surface area (Å²) >= 11 is 5.48. The maximum Gasteiger partial charge on any atom is 0.106 e. The van der Waals surface area contributed by atoms with E-state index in [4.69, 9.17) is 12.2 Å². The first kappa shape index (κ1) is 15.4. The van der Waals surface area contributed by atoms with Crippen molar-refractivity contribution in [2.24, 2.45) is 0 Å². The van der Waals surface area contributed by atoms with Crippen LogP contribution in [0.5, 0.6) is 0 Å². The van der Waals surface area contributed by atoms with Gasteiger partial charge in [-0.3, -0.25) is 0 Å². The standard InChI is InChI=1S/C21H19NS/c23-21(22-16-15-17-7-3-1-4-8-17)20-13-11-19(12-14-20)18-9-5-2-6-10-18/h1-14H,15-16H2,(H,22,23). The molecule has 0 aliphatic carbocycles. The molecule has 0 saturated heterocycles. The Labute approximate surface area is 143 Å². The lowest BCUT2D eigenvalue weighted by atomic mass is 10.0. The van der Waals surface area contributed by atoms with Gasteiger partial charge in [0.15, 0.2) is 0 Å². The Bertz CT molecular complexity index is 749. The summed E-state index contributed by atoms with van der Waals surface area (Å²) in [5, 5.41) is 3.34. The summed E-state index contributed by atoms with van der Waals surface area (Å²) in [6, 6.07) is 29.2. The van der Waals surface area contributed by atoms with Crippen molar-refractivity contribution < 1.29 is 0 Å². The summed E-state index contributed by atoms with van der Waals surface area (Å²) in [5.41, 5.74) is 4.82. The molecular weight excluding hydrogens is 298 g/mol. The Balaban J connectivity index is 1.58. The molecule has 0 radical (unpaired) electrons. The molecule has 0 atom stereocenters. The van der Waals surface area contributed by atoms with E-state index in [1.807, 2.05) is 12.1 Å². The molecule has 1 nitrogen and oxygen atoms in total. The highest BCUT2D eigenvalue weighted by molar-refractivity contribution is 7.80. The predicted octanol–water partition coefficient (Wildman–Crippen LogP) is 4.86. The molecule has 3 rings (SSSR count). The lowest BCUT2D eigenvalue weighted by Crippen LogP contribution is -2.24. The van der Waals surface area contributed by atoms with Crippen LogP contribution in [0.4, 0.5) is 0 Å². The zero-order valence-corrected chi connectivity index (χ0v) is 13.7. The first-order chi connectivity index (χ1) is 11.3. The van der Waals surface area contributed by atoms with Gasteiger partial charge >= 0.3 is 0 Å². The first-order valence-electron chi connectivity index (χ1n) is 7.80. The second kappa shape index (κ2) is 7.70. The van der Waals surface area contributed by atoms with Crippen LogP contribution in [0.2, 0.25) is 0 Å². The topological polar surface area (TPSA) is 12.0 Å². The fourth-order valence-electron chi connectivity index (χ4n) is 2.51. The van der Waals surface area contributed by atoms with Crippen molar-refractivity contribution in [1.29, 1.82) is 0 Å². The van der Waals surface area contributed by atoms with Crippen molar-refractivity contribution in [1.82, 2.24) is 5.32 Å². The molecule has 114 valence electrons. The van der Waals surface area contributed by atoms with E-state index in [0.717, 1.165) is 23.5 Å². The molecule has 0 spiro atoms. The molecule has 0 aromatic heterocycles. The third kappa shape index (κ3) is 4.27. The molecule has 0 aliphatic heterocycles. The van der Waals surface area contributed by atoms with Crippen molar-refractivity contribution in [2.45, 2.75) is 6.42 Å². The minimum atomic E-state index is 0.806. The lowest BCUT2D eigenvalue weighted by molar-refractivity contribution is 0.875. The predicted molar refractivity (Wildman–Crippen MR) is 102 cm³/mol. The van der Waals surface area contributed by atoms with Gasteiger partial charge in [-0.05, 0) is 23.1 Å². The minimum absolute atomic E-state index is 0.806. The number of thiocarbonyl (C=S) groups is 1. The average Bonchev–Trinajstić information content (AvgIpc) is 2.63. The van der Waals surface area contributed by atoms with Gasteiger partial charge < -0.3 is 5.32 Å². The molecule has 0 fully saturated rings. The first-order valence-corrected chi connectivity index (χ1v) is 8.21. The summed E-state index contributed by atoms with van der Waals surface area (Å²) in [5.74, 6) is 0. The molecule has 0 aliphatic rings. The van der Waals surface area contributed by atoms with Gasteiger partial charge in [-0.2, -0.15) is 0 Å². The number of nitrogens with one attached hydrogen (secondary N) is 1. The van der Waals surface area contributed by atoms with Crippen LogP contribution in [0.1, 0.15) is 11.1 Å². The highest BCUT2D eigenvalue weighted by atomic mass is 32.1. The second-order valence-electron chi connectivity index (χ2n) is 5.43. The van der Waals surface area contributed by atoms with E-state index in [1.165, 1.54) is 16.7 Å². The average molecular weight is 317 g/mol. The summed E-state index contributed by atoms with van der Waals surface area (Å²) < 4.78 is 0. The van der Waals surface area contributed by atoms with Crippen LogP contribution in [-0.4, -0.2) is 11.5 Å². The normalized spacial score (nSPS) is 10.3. The van der Waals surface area contributed by atoms with Crippen molar-refractivity contribution in [2.75, 3.05) is 6.54 Å². The highest BCUT2D eigenvalue weighted by Crippen LogP contribution is 2.19. The molecule has 1 N–H and O–H groups in total. The molecule has 0 saturated carbocycles. The summed E-state index contributed by atoms with van der Waals surface area (Å²) in [6.07, 6.45) is 0.975. The van der Waals surface area contributed by atoms with E-state index < -0.39 is 0 Å². The van der Waals surface area contributed by atoms with Gasteiger partial charge in [-0.1, -0.05) is 97.1 Å². The van der Waals surface area contributed by atoms with Crippen molar-refractivity contribution in [3.8, 4) is 11.1 Å². The quantitative estimate of drug-likeness (QED) is 0.674. The third-order valence-electron chi connectivity index (χ3n) is 3.80. The second-order valence-corrected chi connectivity index (χ2v) is 5.84. The summed E-state index contributed by atoms with van der Waals surface area (Å²) in [6.45, 7) is 0.850. The van der Waals surface area contributed by atoms with Crippen LogP contribution in [0.25, 0.3) is 11.1 Å². The minimum Gasteiger partial charge on any atom is -0.375 e. The number of hydrogen-bond donors (Lipinski definition) is 1. The van der Waals surface area contributed by atoms with Crippen LogP contribution in [0.15, 0.2) is 84.9 Å². The van der Waals surface area contributed by atoms with E-state index in [9.17, 15) is 0 Å². The molecular formula is C21H19NS. The van der Waals surface area contributed by atoms with Gasteiger partial charge in [0.1, 0.15) is 4.99 Å². The van der Waals surface area contributed by atoms with Crippen molar-refractivity contribution in [3.05, 3.63) is 96.1 Å². The zero-order chi connectivity index (χ0) is 15.9. The van der Waals surface area contributed by atoms with Crippen LogP contribution < -0.4 is 5.32 Å². The SMILES string of the molecule is S=C(NCCc1ccccc1)c1ccc(-c2ccccc2)cc1. The largest absolute Gasteiger partial charge is 0.375 e. The molecule has 23 heavy (non-hydrogen) atoms. The van der Waals surface area contributed by atoms with Crippen LogP contribution in [-0.2, 0) is 6.42 Å². The number of rotatable bonds is 5. The molecule has 3 aromatic carbocycles. The number of benzene rings is 3. The number of hydrogen-bond acceptors (Lipinski definition) is 1. The smallest absolute Gasteiger partial charge is 0.106 e. The molecule has 0 bridgehead atoms.